The summed E-state index contributed by atoms with van der Waals surface area (Å²) >= 11 is 1.57. The molecule has 37 heavy (non-hydrogen) atoms. The van der Waals surface area contributed by atoms with Crippen LogP contribution in [0.5, 0.6) is 11.5 Å². The van der Waals surface area contributed by atoms with Gasteiger partial charge >= 0.3 is 0 Å². The number of nitrogens with zero attached hydrogens (tertiary/aromatic N) is 5. The Bertz CT molecular complexity index is 1390. The molecule has 1 saturated heterocycles. The third-order valence-electron chi connectivity index (χ3n) is 7.65. The molecule has 3 aromatic rings. The number of nitrogens with two attached hydrogens (primary N) is 1. The maximum atomic E-state index is 13.7. The van der Waals surface area contributed by atoms with E-state index in [0.29, 0.717) is 17.4 Å². The Hall–Kier alpha value is -3.66. The highest BCUT2D eigenvalue weighted by Crippen LogP contribution is 2.39. The second kappa shape index (κ2) is 9.66. The van der Waals surface area contributed by atoms with Crippen molar-refractivity contribution in [3.8, 4) is 11.5 Å². The van der Waals surface area contributed by atoms with E-state index >= 15 is 0 Å². The molecule has 0 unspecified atom stereocenters. The number of thiophene rings is 1. The van der Waals surface area contributed by atoms with Crippen LogP contribution in [-0.4, -0.2) is 59.9 Å². The number of nitrogen functional groups attached to an aromatic ring is 1. The number of amides is 1. The SMILES string of the molecule is COc1ccc(C2=NN(C3CCN(c4nc(N)nc5sccc45)CC3)C(=O)[C@@H]3CC=CC[C@H]23)cc1OC. The summed E-state index contributed by atoms with van der Waals surface area (Å²) < 4.78 is 11.0. The Kier molecular flexibility index (Phi) is 6.19. The average molecular weight is 519 g/mol. The fraction of sp³-hybridized carbons (Fsp3) is 0.407. The van der Waals surface area contributed by atoms with Crippen LogP contribution in [0.15, 0.2) is 46.9 Å². The van der Waals surface area contributed by atoms with Crippen molar-refractivity contribution < 1.29 is 14.3 Å². The molecule has 4 heterocycles. The average Bonchev–Trinajstić information content (AvgIpc) is 3.41. The largest absolute Gasteiger partial charge is 0.493 e. The number of rotatable bonds is 5. The van der Waals surface area contributed by atoms with Crippen molar-refractivity contribution in [2.24, 2.45) is 16.9 Å². The van der Waals surface area contributed by atoms with Crippen LogP contribution in [0, 0.1) is 11.8 Å². The number of hydrogen-bond donors (Lipinski definition) is 1. The Morgan fingerprint density at radius 2 is 1.76 bits per heavy atom. The lowest BCUT2D eigenvalue weighted by Crippen LogP contribution is -2.52. The number of hydrogen-bond acceptors (Lipinski definition) is 9. The molecule has 0 spiro atoms. The number of carbonyl (C=O) groups excluding carboxylic acids is 1. The van der Waals surface area contributed by atoms with Crippen LogP contribution in [0.25, 0.3) is 10.2 Å². The van der Waals surface area contributed by atoms with Crippen LogP contribution < -0.4 is 20.1 Å². The summed E-state index contributed by atoms with van der Waals surface area (Å²) in [6.45, 7) is 1.54. The first-order valence-electron chi connectivity index (χ1n) is 12.6. The van der Waals surface area contributed by atoms with Crippen molar-refractivity contribution >= 4 is 44.9 Å². The Morgan fingerprint density at radius 1 is 1.00 bits per heavy atom. The number of allylic oxidation sites excluding steroid dienone is 2. The molecule has 1 amide bonds. The van der Waals surface area contributed by atoms with Gasteiger partial charge in [-0.1, -0.05) is 12.2 Å². The second-order valence-corrected chi connectivity index (χ2v) is 10.6. The summed E-state index contributed by atoms with van der Waals surface area (Å²) in [6, 6.07) is 7.96. The summed E-state index contributed by atoms with van der Waals surface area (Å²) in [5, 5.41) is 9.85. The van der Waals surface area contributed by atoms with E-state index < -0.39 is 0 Å². The van der Waals surface area contributed by atoms with E-state index in [2.05, 4.69) is 27.0 Å². The third-order valence-corrected chi connectivity index (χ3v) is 8.46. The number of ether oxygens (including phenoxy) is 2. The fourth-order valence-electron chi connectivity index (χ4n) is 5.75. The minimum Gasteiger partial charge on any atom is -0.493 e. The molecule has 0 radical (unpaired) electrons. The molecule has 2 aliphatic heterocycles. The molecule has 3 aliphatic rings. The van der Waals surface area contributed by atoms with Crippen molar-refractivity contribution in [3.63, 3.8) is 0 Å². The van der Waals surface area contributed by atoms with Crippen molar-refractivity contribution in [3.05, 3.63) is 47.4 Å². The lowest BCUT2D eigenvalue weighted by molar-refractivity contribution is -0.140. The summed E-state index contributed by atoms with van der Waals surface area (Å²) in [5.74, 6) is 2.58. The number of hydrazone groups is 1. The van der Waals surface area contributed by atoms with Crippen molar-refractivity contribution in [1.29, 1.82) is 0 Å². The number of benzene rings is 1. The van der Waals surface area contributed by atoms with Crippen LogP contribution in [0.3, 0.4) is 0 Å². The second-order valence-electron chi connectivity index (χ2n) is 9.66. The molecule has 2 atom stereocenters. The molecular weight excluding hydrogens is 488 g/mol. The smallest absolute Gasteiger partial charge is 0.247 e. The van der Waals surface area contributed by atoms with E-state index in [-0.39, 0.29) is 23.8 Å². The van der Waals surface area contributed by atoms with E-state index in [9.17, 15) is 4.79 Å². The van der Waals surface area contributed by atoms with Gasteiger partial charge in [-0.3, -0.25) is 4.79 Å². The highest BCUT2D eigenvalue weighted by Gasteiger charge is 2.43. The fourth-order valence-corrected chi connectivity index (χ4v) is 6.51. The zero-order valence-corrected chi connectivity index (χ0v) is 21.8. The normalized spacial score (nSPS) is 22.2. The van der Waals surface area contributed by atoms with Gasteiger partial charge in [0.1, 0.15) is 10.6 Å². The zero-order valence-electron chi connectivity index (χ0n) is 21.0. The van der Waals surface area contributed by atoms with Gasteiger partial charge in [0.05, 0.1) is 37.3 Å². The first-order chi connectivity index (χ1) is 18.1. The zero-order chi connectivity index (χ0) is 25.5. The first-order valence-corrected chi connectivity index (χ1v) is 13.5. The number of carbonyl (C=O) groups is 1. The van der Waals surface area contributed by atoms with Gasteiger partial charge in [-0.25, -0.2) is 9.99 Å². The van der Waals surface area contributed by atoms with Crippen molar-refractivity contribution in [2.45, 2.75) is 31.7 Å². The standard InChI is InChI=1S/C27H30N6O3S/c1-35-21-8-7-16(15-22(21)36-2)23-18-5-3-4-6-19(18)26(34)33(31-23)17-9-12-32(13-10-17)24-20-11-14-37-25(20)30-27(28)29-24/h3-4,7-8,11,14-15,17-19H,5-6,9-10,12-13H2,1-2H3,(H2,28,29,30)/t18-,19+/m0/s1. The van der Waals surface area contributed by atoms with Gasteiger partial charge < -0.3 is 20.1 Å². The Balaban J connectivity index is 1.29. The third kappa shape index (κ3) is 4.19. The van der Waals surface area contributed by atoms with Gasteiger partial charge in [-0.2, -0.15) is 10.1 Å². The van der Waals surface area contributed by atoms with Crippen LogP contribution in [0.1, 0.15) is 31.2 Å². The maximum Gasteiger partial charge on any atom is 0.247 e. The monoisotopic (exact) mass is 518 g/mol. The number of anilines is 2. The first kappa shape index (κ1) is 23.7. The molecule has 9 nitrogen and oxygen atoms in total. The number of fused-ring (bicyclic) bond motifs is 2. The molecule has 6 rings (SSSR count). The Labute approximate surface area is 219 Å². The Morgan fingerprint density at radius 3 is 2.51 bits per heavy atom. The molecule has 0 saturated carbocycles. The summed E-state index contributed by atoms with van der Waals surface area (Å²) in [4.78, 5) is 25.7. The summed E-state index contributed by atoms with van der Waals surface area (Å²) in [7, 11) is 3.26. The molecule has 0 bridgehead atoms. The minimum absolute atomic E-state index is 0.0305. The van der Waals surface area contributed by atoms with Gasteiger partial charge in [0.15, 0.2) is 11.5 Å². The molecule has 1 aliphatic carbocycles. The number of aromatic nitrogens is 2. The van der Waals surface area contributed by atoms with E-state index in [4.69, 9.17) is 20.3 Å². The molecule has 2 N–H and O–H groups in total. The number of piperidine rings is 1. The molecule has 1 fully saturated rings. The minimum atomic E-state index is -0.101. The van der Waals surface area contributed by atoms with Crippen LogP contribution in [-0.2, 0) is 4.79 Å². The summed E-state index contributed by atoms with van der Waals surface area (Å²) in [6.07, 6.45) is 7.44. The van der Waals surface area contributed by atoms with Crippen LogP contribution in [0.2, 0.25) is 0 Å². The molecule has 2 aromatic heterocycles. The lowest BCUT2D eigenvalue weighted by Gasteiger charge is -2.42. The van der Waals surface area contributed by atoms with E-state index in [1.54, 1.807) is 30.6 Å². The number of methoxy groups -OCH3 is 2. The van der Waals surface area contributed by atoms with E-state index in [1.807, 2.05) is 29.6 Å². The quantitative estimate of drug-likeness (QED) is 0.507. The van der Waals surface area contributed by atoms with Gasteiger partial charge in [-0.05, 0) is 55.3 Å². The topological polar surface area (TPSA) is 106 Å². The van der Waals surface area contributed by atoms with Gasteiger partial charge in [0.25, 0.3) is 0 Å². The van der Waals surface area contributed by atoms with Crippen LogP contribution in [0.4, 0.5) is 11.8 Å². The van der Waals surface area contributed by atoms with Crippen LogP contribution >= 0.6 is 11.3 Å². The molecule has 10 heteroatoms. The lowest BCUT2D eigenvalue weighted by atomic mass is 9.76. The summed E-state index contributed by atoms with van der Waals surface area (Å²) in [5.41, 5.74) is 7.90. The van der Waals surface area contributed by atoms with Gasteiger partial charge in [0.2, 0.25) is 11.9 Å². The molecule has 192 valence electrons. The van der Waals surface area contributed by atoms with Gasteiger partial charge in [-0.15, -0.1) is 11.3 Å². The molecule has 1 aromatic carbocycles. The molecular formula is C27H30N6O3S. The van der Waals surface area contributed by atoms with Gasteiger partial charge in [0, 0.05) is 24.6 Å². The van der Waals surface area contributed by atoms with E-state index in [0.717, 1.165) is 66.1 Å². The van der Waals surface area contributed by atoms with E-state index in [1.165, 1.54) is 0 Å². The predicted molar refractivity (Wildman–Crippen MR) is 145 cm³/mol. The van der Waals surface area contributed by atoms with Crippen molar-refractivity contribution in [2.75, 3.05) is 37.9 Å². The van der Waals surface area contributed by atoms with Crippen molar-refractivity contribution in [1.82, 2.24) is 15.0 Å². The maximum absolute atomic E-state index is 13.7. The predicted octanol–water partition coefficient (Wildman–Crippen LogP) is 4.09. The highest BCUT2D eigenvalue weighted by atomic mass is 32.1. The highest BCUT2D eigenvalue weighted by molar-refractivity contribution is 7.16.